The molecule has 2 unspecified atom stereocenters. The molecule has 4 fully saturated rings. The van der Waals surface area contributed by atoms with E-state index in [0.29, 0.717) is 29.1 Å². The number of imidazole rings is 1. The summed E-state index contributed by atoms with van der Waals surface area (Å²) in [5.74, 6) is 1.43. The second-order valence-electron chi connectivity index (χ2n) is 7.66. The van der Waals surface area contributed by atoms with Crippen molar-refractivity contribution >= 4 is 5.82 Å². The number of nitrogens with two attached hydrogens (primary N) is 1. The zero-order chi connectivity index (χ0) is 19.1. The van der Waals surface area contributed by atoms with Gasteiger partial charge in [0.25, 0.3) is 0 Å². The van der Waals surface area contributed by atoms with Crippen molar-refractivity contribution in [3.05, 3.63) is 24.3 Å². The minimum Gasteiger partial charge on any atom is -0.402 e. The van der Waals surface area contributed by atoms with Crippen molar-refractivity contribution in [1.82, 2.24) is 19.4 Å². The van der Waals surface area contributed by atoms with Gasteiger partial charge in [0.15, 0.2) is 11.6 Å². The van der Waals surface area contributed by atoms with Crippen LogP contribution in [0.1, 0.15) is 19.2 Å². The largest absolute Gasteiger partial charge is 0.573 e. The molecular weight excluding hydrogens is 359 g/mol. The second-order valence-corrected chi connectivity index (χ2v) is 7.66. The molecule has 4 atom stereocenters. The molecule has 2 aromatic heterocycles. The van der Waals surface area contributed by atoms with Gasteiger partial charge in [-0.3, -0.25) is 4.90 Å². The van der Waals surface area contributed by atoms with Crippen LogP contribution in [-0.2, 0) is 5.54 Å². The van der Waals surface area contributed by atoms with Crippen LogP contribution in [0.2, 0.25) is 0 Å². The highest BCUT2D eigenvalue weighted by molar-refractivity contribution is 5.64. The zero-order valence-electron chi connectivity index (χ0n) is 15.0. The van der Waals surface area contributed by atoms with E-state index in [-0.39, 0.29) is 11.4 Å². The Balaban J connectivity index is 1.45. The van der Waals surface area contributed by atoms with Crippen molar-refractivity contribution in [2.24, 2.45) is 11.8 Å². The number of anilines is 1. The lowest BCUT2D eigenvalue weighted by molar-refractivity contribution is -0.274. The molecule has 6 nitrogen and oxygen atoms in total. The maximum atomic E-state index is 12.6. The van der Waals surface area contributed by atoms with Crippen molar-refractivity contribution < 1.29 is 17.9 Å². The van der Waals surface area contributed by atoms with E-state index in [2.05, 4.69) is 31.1 Å². The lowest BCUT2D eigenvalue weighted by atomic mass is 10.2. The standard InChI is InChI=1S/C18H20F3N5O/c1-3-4-25-7-11-14-15(25)17(11,14)26-8-12(24-9(26)2)10-5-13(16(22)23-6-10)27-18(19,20)21/h5-6,8,11,14-15H,3-4,7H2,1-2H3,(H2,22,23)/t11-,14?,15?,17+/m0/s1. The van der Waals surface area contributed by atoms with Gasteiger partial charge in [0.2, 0.25) is 0 Å². The normalized spacial score (nSPS) is 31.1. The average Bonchev–Trinajstić information content (AvgIpc) is 3.18. The first-order valence-electron chi connectivity index (χ1n) is 9.09. The number of aromatic nitrogens is 3. The maximum absolute atomic E-state index is 12.6. The molecule has 0 radical (unpaired) electrons. The summed E-state index contributed by atoms with van der Waals surface area (Å²) >= 11 is 0. The molecule has 4 heterocycles. The average molecular weight is 379 g/mol. The minimum atomic E-state index is -4.82. The Bertz CT molecular complexity index is 920. The Labute approximate surface area is 154 Å². The monoisotopic (exact) mass is 379 g/mol. The predicted octanol–water partition coefficient (Wildman–Crippen LogP) is 2.78. The number of ether oxygens (including phenoxy) is 1. The third-order valence-corrected chi connectivity index (χ3v) is 6.20. The second kappa shape index (κ2) is 5.15. The number of aryl methyl sites for hydroxylation is 1. The van der Waals surface area contributed by atoms with E-state index in [1.807, 2.05) is 13.1 Å². The highest BCUT2D eigenvalue weighted by Crippen LogP contribution is 2.83. The molecule has 2 bridgehead atoms. The molecule has 9 heteroatoms. The summed E-state index contributed by atoms with van der Waals surface area (Å²) in [6.07, 6.45) is -0.320. The summed E-state index contributed by atoms with van der Waals surface area (Å²) in [6.45, 7) is 6.36. The minimum absolute atomic E-state index is 0.150. The van der Waals surface area contributed by atoms with Gasteiger partial charge in [-0.05, 0) is 26.0 Å². The smallest absolute Gasteiger partial charge is 0.402 e. The van der Waals surface area contributed by atoms with E-state index in [1.54, 1.807) is 0 Å². The van der Waals surface area contributed by atoms with Crippen LogP contribution in [0, 0.1) is 18.8 Å². The van der Waals surface area contributed by atoms with Crippen molar-refractivity contribution in [1.29, 1.82) is 0 Å². The lowest BCUT2D eigenvalue weighted by Gasteiger charge is -2.16. The summed E-state index contributed by atoms with van der Waals surface area (Å²) in [6, 6.07) is 1.83. The van der Waals surface area contributed by atoms with Gasteiger partial charge in [0, 0.05) is 42.4 Å². The van der Waals surface area contributed by atoms with E-state index in [1.165, 1.54) is 12.3 Å². The topological polar surface area (TPSA) is 69.2 Å². The number of alkyl halides is 3. The number of nitrogen functional groups attached to an aromatic ring is 1. The number of piperidine rings is 1. The quantitative estimate of drug-likeness (QED) is 0.865. The first-order valence-corrected chi connectivity index (χ1v) is 9.09. The van der Waals surface area contributed by atoms with Crippen LogP contribution in [0.4, 0.5) is 19.0 Å². The number of nitrogens with zero attached hydrogens (tertiary/aromatic N) is 4. The molecule has 27 heavy (non-hydrogen) atoms. The van der Waals surface area contributed by atoms with Crippen molar-refractivity contribution in [3.8, 4) is 17.0 Å². The van der Waals surface area contributed by atoms with Gasteiger partial charge in [-0.25, -0.2) is 9.97 Å². The fraction of sp³-hybridized carbons (Fsp3) is 0.556. The van der Waals surface area contributed by atoms with Gasteiger partial charge in [0.1, 0.15) is 5.82 Å². The molecule has 2 aliphatic carbocycles. The molecule has 0 amide bonds. The maximum Gasteiger partial charge on any atom is 0.573 e. The Hall–Kier alpha value is -2.29. The predicted molar refractivity (Wildman–Crippen MR) is 91.9 cm³/mol. The molecule has 144 valence electrons. The van der Waals surface area contributed by atoms with E-state index >= 15 is 0 Å². The fourth-order valence-corrected chi connectivity index (χ4v) is 5.17. The molecule has 0 aromatic carbocycles. The van der Waals surface area contributed by atoms with Gasteiger partial charge in [0.05, 0.1) is 11.2 Å². The highest BCUT2D eigenvalue weighted by Gasteiger charge is 2.93. The summed E-state index contributed by atoms with van der Waals surface area (Å²) in [5, 5.41) is 0. The third-order valence-electron chi connectivity index (χ3n) is 6.20. The summed E-state index contributed by atoms with van der Waals surface area (Å²) in [5.41, 5.74) is 6.71. The summed E-state index contributed by atoms with van der Waals surface area (Å²) in [4.78, 5) is 11.0. The molecule has 4 aliphatic rings. The number of halogens is 3. The fourth-order valence-electron chi connectivity index (χ4n) is 5.17. The summed E-state index contributed by atoms with van der Waals surface area (Å²) in [7, 11) is 0. The lowest BCUT2D eigenvalue weighted by Crippen LogP contribution is -2.26. The Morgan fingerprint density at radius 1 is 1.41 bits per heavy atom. The third kappa shape index (κ3) is 2.24. The van der Waals surface area contributed by atoms with Crippen LogP contribution in [0.25, 0.3) is 11.3 Å². The van der Waals surface area contributed by atoms with Gasteiger partial charge >= 0.3 is 6.36 Å². The highest BCUT2D eigenvalue weighted by atomic mass is 19.4. The molecule has 6 rings (SSSR count). The van der Waals surface area contributed by atoms with Crippen LogP contribution in [0.5, 0.6) is 5.75 Å². The van der Waals surface area contributed by atoms with Crippen LogP contribution >= 0.6 is 0 Å². The molecule has 0 spiro atoms. The number of pyridine rings is 1. The van der Waals surface area contributed by atoms with Crippen molar-refractivity contribution in [2.75, 3.05) is 18.8 Å². The van der Waals surface area contributed by atoms with Gasteiger partial charge in [-0.15, -0.1) is 13.2 Å². The Kier molecular flexibility index (Phi) is 3.22. The Morgan fingerprint density at radius 2 is 2.19 bits per heavy atom. The van der Waals surface area contributed by atoms with E-state index in [4.69, 9.17) is 5.73 Å². The molecule has 2 saturated heterocycles. The van der Waals surface area contributed by atoms with E-state index in [0.717, 1.165) is 25.3 Å². The van der Waals surface area contributed by atoms with Gasteiger partial charge < -0.3 is 15.0 Å². The van der Waals surface area contributed by atoms with Crippen molar-refractivity contribution in [3.63, 3.8) is 0 Å². The number of hydrogen-bond donors (Lipinski definition) is 1. The Morgan fingerprint density at radius 3 is 2.85 bits per heavy atom. The van der Waals surface area contributed by atoms with Gasteiger partial charge in [-0.2, -0.15) is 0 Å². The first kappa shape index (κ1) is 16.9. The molecule has 2 aliphatic heterocycles. The molecule has 2 N–H and O–H groups in total. The number of fused-ring (bicyclic) bond motifs is 1. The molecule has 2 saturated carbocycles. The van der Waals surface area contributed by atoms with Crippen LogP contribution in [-0.4, -0.2) is 44.9 Å². The van der Waals surface area contributed by atoms with Gasteiger partial charge in [-0.1, -0.05) is 6.92 Å². The molecular formula is C18H20F3N5O. The molecule has 2 aromatic rings. The SMILES string of the molecule is CCCN1C[C@H]2C3C1[C@]32n1cc(-c2cnc(N)c(OC(F)(F)F)c2)nc1C. The van der Waals surface area contributed by atoms with Crippen LogP contribution < -0.4 is 10.5 Å². The van der Waals surface area contributed by atoms with Crippen LogP contribution in [0.15, 0.2) is 18.5 Å². The van der Waals surface area contributed by atoms with Crippen molar-refractivity contribution in [2.45, 2.75) is 38.2 Å². The number of rotatable bonds is 5. The van der Waals surface area contributed by atoms with E-state index < -0.39 is 12.1 Å². The summed E-state index contributed by atoms with van der Waals surface area (Å²) < 4.78 is 43.9. The van der Waals surface area contributed by atoms with Crippen LogP contribution in [0.3, 0.4) is 0 Å². The number of hydrogen-bond acceptors (Lipinski definition) is 5. The van der Waals surface area contributed by atoms with E-state index in [9.17, 15) is 13.2 Å². The zero-order valence-corrected chi connectivity index (χ0v) is 15.0. The first-order chi connectivity index (χ1) is 12.8.